The van der Waals surface area contributed by atoms with Gasteiger partial charge in [0.1, 0.15) is 5.82 Å². The summed E-state index contributed by atoms with van der Waals surface area (Å²) in [7, 11) is 1.62. The summed E-state index contributed by atoms with van der Waals surface area (Å²) in [6.45, 7) is 1.53. The van der Waals surface area contributed by atoms with Crippen molar-refractivity contribution in [2.75, 3.05) is 31.3 Å². The zero-order valence-corrected chi connectivity index (χ0v) is 17.5. The highest BCUT2D eigenvalue weighted by Gasteiger charge is 2.16. The molecule has 0 aliphatic carbocycles. The number of ether oxygens (including phenoxy) is 1. The van der Waals surface area contributed by atoms with Crippen LogP contribution in [0.4, 0.5) is 15.2 Å². The van der Waals surface area contributed by atoms with Gasteiger partial charge in [-0.15, -0.1) is 10.2 Å². The Balaban J connectivity index is 1.55. The highest BCUT2D eigenvalue weighted by Crippen LogP contribution is 2.28. The van der Waals surface area contributed by atoms with Crippen LogP contribution in [0.15, 0.2) is 58.9 Å². The average molecular weight is 433 g/mol. The van der Waals surface area contributed by atoms with Gasteiger partial charge in [0.2, 0.25) is 11.0 Å². The molecule has 2 aromatic carbocycles. The first-order chi connectivity index (χ1) is 14.1. The topological polar surface area (TPSA) is 67.3 Å². The van der Waals surface area contributed by atoms with Gasteiger partial charge < -0.3 is 15.0 Å². The summed E-state index contributed by atoms with van der Waals surface area (Å²) in [5.41, 5.74) is 1.67. The first kappa shape index (κ1) is 21.2. The van der Waals surface area contributed by atoms with Gasteiger partial charge in [0, 0.05) is 25.9 Å². The number of thioether (sulfide) groups is 1. The predicted molar refractivity (Wildman–Crippen MR) is 114 cm³/mol. The number of benzene rings is 2. The summed E-state index contributed by atoms with van der Waals surface area (Å²) in [6, 6.07) is 16.0. The summed E-state index contributed by atoms with van der Waals surface area (Å²) in [6.07, 6.45) is 0. The van der Waals surface area contributed by atoms with Gasteiger partial charge in [-0.3, -0.25) is 4.79 Å². The molecule has 3 aromatic rings. The van der Waals surface area contributed by atoms with E-state index in [-0.39, 0.29) is 17.5 Å². The van der Waals surface area contributed by atoms with Crippen LogP contribution >= 0.6 is 23.1 Å². The molecule has 0 spiro atoms. The number of carbonyl (C=O) groups is 1. The number of aromatic nitrogens is 2. The molecule has 0 aliphatic heterocycles. The minimum atomic E-state index is -0.325. The van der Waals surface area contributed by atoms with E-state index in [4.69, 9.17) is 4.74 Å². The van der Waals surface area contributed by atoms with Crippen molar-refractivity contribution in [3.8, 4) is 0 Å². The summed E-state index contributed by atoms with van der Waals surface area (Å²) in [4.78, 5) is 14.5. The molecule has 3 rings (SSSR count). The maximum Gasteiger partial charge on any atom is 0.233 e. The van der Waals surface area contributed by atoms with Crippen molar-refractivity contribution in [2.24, 2.45) is 0 Å². The summed E-state index contributed by atoms with van der Waals surface area (Å²) in [5, 5.41) is 11.7. The van der Waals surface area contributed by atoms with Crippen molar-refractivity contribution >= 4 is 39.8 Å². The number of carbonyl (C=O) groups excluding carboxylic acids is 1. The van der Waals surface area contributed by atoms with Crippen LogP contribution in [0.5, 0.6) is 0 Å². The van der Waals surface area contributed by atoms with E-state index in [1.165, 1.54) is 35.2 Å². The molecule has 0 saturated heterocycles. The van der Waals surface area contributed by atoms with Crippen LogP contribution < -0.4 is 5.32 Å². The lowest BCUT2D eigenvalue weighted by atomic mass is 10.2. The molecule has 29 heavy (non-hydrogen) atoms. The van der Waals surface area contributed by atoms with Gasteiger partial charge >= 0.3 is 0 Å². The van der Waals surface area contributed by atoms with E-state index in [2.05, 4.69) is 15.5 Å². The van der Waals surface area contributed by atoms with Gasteiger partial charge in [-0.2, -0.15) is 0 Å². The Hall–Kier alpha value is -2.49. The standard InChI is InChI=1S/C20H21FN4O2S2/c1-27-11-10-25(13-15-6-3-2-4-7-15)18(26)14-28-20-24-23-19(29-20)22-17-9-5-8-16(21)12-17/h2-9,12H,10-11,13-14H2,1H3,(H,22,23). The normalized spacial score (nSPS) is 10.7. The number of hydrogen-bond donors (Lipinski definition) is 1. The minimum Gasteiger partial charge on any atom is -0.383 e. The number of rotatable bonds is 10. The fraction of sp³-hybridized carbons (Fsp3) is 0.250. The van der Waals surface area contributed by atoms with Crippen molar-refractivity contribution in [3.63, 3.8) is 0 Å². The number of halogens is 1. The minimum absolute atomic E-state index is 0.00532. The van der Waals surface area contributed by atoms with Gasteiger partial charge in [-0.05, 0) is 23.8 Å². The molecule has 6 nitrogen and oxygen atoms in total. The van der Waals surface area contributed by atoms with Crippen LogP contribution in [0, 0.1) is 5.82 Å². The molecular weight excluding hydrogens is 411 g/mol. The zero-order chi connectivity index (χ0) is 20.5. The Morgan fingerprint density at radius 1 is 1.21 bits per heavy atom. The Morgan fingerprint density at radius 3 is 2.79 bits per heavy atom. The second kappa shape index (κ2) is 10.9. The summed E-state index contributed by atoms with van der Waals surface area (Å²) < 4.78 is 19.1. The van der Waals surface area contributed by atoms with Crippen LogP contribution in [-0.2, 0) is 16.1 Å². The van der Waals surface area contributed by atoms with Crippen LogP contribution in [0.3, 0.4) is 0 Å². The number of amides is 1. The summed E-state index contributed by atoms with van der Waals surface area (Å²) >= 11 is 2.66. The predicted octanol–water partition coefficient (Wildman–Crippen LogP) is 4.19. The maximum absolute atomic E-state index is 13.3. The Morgan fingerprint density at radius 2 is 2.03 bits per heavy atom. The van der Waals surface area contributed by atoms with E-state index in [1.54, 1.807) is 24.1 Å². The van der Waals surface area contributed by atoms with Crippen molar-refractivity contribution in [1.29, 1.82) is 0 Å². The van der Waals surface area contributed by atoms with Crippen molar-refractivity contribution in [3.05, 3.63) is 66.0 Å². The molecule has 0 bridgehead atoms. The molecule has 0 fully saturated rings. The molecule has 0 unspecified atom stereocenters. The molecule has 1 N–H and O–H groups in total. The average Bonchev–Trinajstić information content (AvgIpc) is 3.17. The SMILES string of the molecule is COCCN(Cc1ccccc1)C(=O)CSc1nnc(Nc2cccc(F)c2)s1. The lowest BCUT2D eigenvalue weighted by Gasteiger charge is -2.22. The lowest BCUT2D eigenvalue weighted by Crippen LogP contribution is -2.34. The van der Waals surface area contributed by atoms with Crippen LogP contribution in [0.2, 0.25) is 0 Å². The lowest BCUT2D eigenvalue weighted by molar-refractivity contribution is -0.129. The van der Waals surface area contributed by atoms with Gasteiger partial charge in [0.15, 0.2) is 4.34 Å². The fourth-order valence-corrected chi connectivity index (χ4v) is 4.20. The maximum atomic E-state index is 13.3. The van der Waals surface area contributed by atoms with Crippen LogP contribution in [-0.4, -0.2) is 47.0 Å². The second-order valence-electron chi connectivity index (χ2n) is 6.09. The largest absolute Gasteiger partial charge is 0.383 e. The van der Waals surface area contributed by atoms with E-state index >= 15 is 0 Å². The molecule has 0 atom stereocenters. The molecule has 152 valence electrons. The van der Waals surface area contributed by atoms with E-state index in [0.29, 0.717) is 34.9 Å². The quantitative estimate of drug-likeness (QED) is 0.485. The number of anilines is 2. The van der Waals surface area contributed by atoms with E-state index in [1.807, 2.05) is 30.3 Å². The van der Waals surface area contributed by atoms with Crippen molar-refractivity contribution < 1.29 is 13.9 Å². The smallest absolute Gasteiger partial charge is 0.233 e. The van der Waals surface area contributed by atoms with Crippen LogP contribution in [0.25, 0.3) is 0 Å². The molecule has 1 heterocycles. The third kappa shape index (κ3) is 6.81. The molecule has 0 saturated carbocycles. The third-order valence-corrected chi connectivity index (χ3v) is 5.89. The number of nitrogens with one attached hydrogen (secondary N) is 1. The highest BCUT2D eigenvalue weighted by atomic mass is 32.2. The van der Waals surface area contributed by atoms with Crippen LogP contribution in [0.1, 0.15) is 5.56 Å². The fourth-order valence-electron chi connectivity index (χ4n) is 2.52. The highest BCUT2D eigenvalue weighted by molar-refractivity contribution is 8.01. The second-order valence-corrected chi connectivity index (χ2v) is 8.29. The van der Waals surface area contributed by atoms with E-state index in [9.17, 15) is 9.18 Å². The molecule has 1 amide bonds. The Labute approximate surface area is 177 Å². The summed E-state index contributed by atoms with van der Waals surface area (Å²) in [5.74, 6) is -0.0643. The monoisotopic (exact) mass is 432 g/mol. The molecular formula is C20H21FN4O2S2. The van der Waals surface area contributed by atoms with Gasteiger partial charge in [0.05, 0.1) is 12.4 Å². The molecule has 9 heteroatoms. The Kier molecular flexibility index (Phi) is 7.97. The molecule has 1 aromatic heterocycles. The van der Waals surface area contributed by atoms with Crippen molar-refractivity contribution in [1.82, 2.24) is 15.1 Å². The molecule has 0 aliphatic rings. The zero-order valence-electron chi connectivity index (χ0n) is 15.9. The van der Waals surface area contributed by atoms with Gasteiger partial charge in [0.25, 0.3) is 0 Å². The van der Waals surface area contributed by atoms with E-state index < -0.39 is 0 Å². The van der Waals surface area contributed by atoms with Crippen molar-refractivity contribution in [2.45, 2.75) is 10.9 Å². The van der Waals surface area contributed by atoms with Gasteiger partial charge in [-0.1, -0.05) is 59.5 Å². The number of nitrogens with zero attached hydrogens (tertiary/aromatic N) is 3. The van der Waals surface area contributed by atoms with Gasteiger partial charge in [-0.25, -0.2) is 4.39 Å². The third-order valence-electron chi connectivity index (χ3n) is 3.94. The Bertz CT molecular complexity index is 924. The first-order valence-electron chi connectivity index (χ1n) is 8.93. The number of hydrogen-bond acceptors (Lipinski definition) is 7. The first-order valence-corrected chi connectivity index (χ1v) is 10.7. The molecule has 0 radical (unpaired) electrons. The van der Waals surface area contributed by atoms with E-state index in [0.717, 1.165) is 5.56 Å². The number of methoxy groups -OCH3 is 1.